The first-order chi connectivity index (χ1) is 19.2. The molecule has 0 radical (unpaired) electrons. The zero-order valence-electron chi connectivity index (χ0n) is 24.6. The van der Waals surface area contributed by atoms with E-state index >= 15 is 0 Å². The molecule has 1 aromatic heterocycles. The molecule has 2 atom stereocenters. The number of aliphatic imine (C=N–C) groups is 2. The Kier molecular flexibility index (Phi) is 12.1. The van der Waals surface area contributed by atoms with Crippen LogP contribution >= 0.6 is 22.6 Å². The van der Waals surface area contributed by atoms with Crippen molar-refractivity contribution in [1.82, 2.24) is 9.88 Å². The van der Waals surface area contributed by atoms with Gasteiger partial charge in [-0.05, 0) is 76.1 Å². The summed E-state index contributed by atoms with van der Waals surface area (Å²) in [4.78, 5) is 16.5. The van der Waals surface area contributed by atoms with Crippen molar-refractivity contribution in [2.75, 3.05) is 27.2 Å². The second-order valence-corrected chi connectivity index (χ2v) is 13.0. The van der Waals surface area contributed by atoms with Gasteiger partial charge in [0.15, 0.2) is 5.84 Å². The van der Waals surface area contributed by atoms with E-state index in [0.717, 1.165) is 67.1 Å². The van der Waals surface area contributed by atoms with Gasteiger partial charge in [0.25, 0.3) is 0 Å². The number of hydrogen-bond acceptors (Lipinski definition) is 4. The topological polar surface area (TPSA) is 50.1 Å². The number of pyridine rings is 1. The minimum atomic E-state index is -0.200. The zero-order valence-corrected chi connectivity index (χ0v) is 26.8. The molecule has 1 fully saturated rings. The van der Waals surface area contributed by atoms with Crippen molar-refractivity contribution < 1.29 is 9.13 Å². The van der Waals surface area contributed by atoms with Crippen LogP contribution < -0.4 is 4.74 Å². The first kappa shape index (κ1) is 31.7. The zero-order chi connectivity index (χ0) is 29.1. The summed E-state index contributed by atoms with van der Waals surface area (Å²) in [6.45, 7) is 10.4. The third kappa shape index (κ3) is 9.11. The van der Waals surface area contributed by atoms with Gasteiger partial charge < -0.3 is 9.64 Å². The number of amidine groups is 1. The first-order valence-corrected chi connectivity index (χ1v) is 15.0. The van der Waals surface area contributed by atoms with E-state index in [1.54, 1.807) is 26.3 Å². The van der Waals surface area contributed by atoms with Crippen molar-refractivity contribution in [1.29, 1.82) is 0 Å². The molecule has 2 unspecified atom stereocenters. The number of likely N-dealkylation sites (tertiary alicyclic amines) is 1. The van der Waals surface area contributed by atoms with Crippen LogP contribution in [0.5, 0.6) is 5.88 Å². The van der Waals surface area contributed by atoms with Crippen LogP contribution in [-0.4, -0.2) is 52.6 Å². The van der Waals surface area contributed by atoms with Gasteiger partial charge in [0.1, 0.15) is 5.82 Å². The number of alkyl halides is 1. The van der Waals surface area contributed by atoms with Crippen LogP contribution in [0.1, 0.15) is 58.2 Å². The van der Waals surface area contributed by atoms with E-state index in [-0.39, 0.29) is 15.2 Å². The average molecular weight is 657 g/mol. The predicted octanol–water partition coefficient (Wildman–Crippen LogP) is 8.12. The monoisotopic (exact) mass is 656 g/mol. The van der Waals surface area contributed by atoms with Gasteiger partial charge in [-0.1, -0.05) is 71.5 Å². The second kappa shape index (κ2) is 15.3. The normalized spacial score (nSPS) is 21.1. The molecule has 3 rings (SSSR count). The van der Waals surface area contributed by atoms with E-state index in [9.17, 15) is 4.39 Å². The Balaban J connectivity index is 1.78. The number of halogens is 2. The number of methoxy groups -OCH3 is 1. The Hall–Kier alpha value is -2.81. The largest absolute Gasteiger partial charge is 0.481 e. The molecule has 0 N–H and O–H groups in total. The lowest BCUT2D eigenvalue weighted by molar-refractivity contribution is 0.383. The number of aromatic nitrogens is 1. The summed E-state index contributed by atoms with van der Waals surface area (Å²) >= 11 is 2.60. The van der Waals surface area contributed by atoms with Crippen molar-refractivity contribution in [2.45, 2.75) is 56.8 Å². The average Bonchev–Trinajstić information content (AvgIpc) is 3.09. The van der Waals surface area contributed by atoms with E-state index in [1.807, 2.05) is 37.4 Å². The molecule has 1 aromatic carbocycles. The van der Waals surface area contributed by atoms with Crippen LogP contribution in [0.25, 0.3) is 5.70 Å². The standard InChI is InChI=1S/C33H42FIN4O/c1-7-24(18-25-12-10-13-28(34)20-25)22-37-32(36-5)27(8-2)19-26-16-17-39(23-33(4,35)21-26)30(9-3)29-14-11-15-31(38-29)40-6/h8-15,19-20,22,24H,7,16-18,21,23H2,1-6H3/b26-19+,27-8?,30-9?,36-32-,37-22-. The summed E-state index contributed by atoms with van der Waals surface area (Å²) in [7, 11) is 3.44. The van der Waals surface area contributed by atoms with Gasteiger partial charge in [-0.15, -0.1) is 0 Å². The Morgan fingerprint density at radius 3 is 2.65 bits per heavy atom. The second-order valence-electron chi connectivity index (χ2n) is 10.4. The van der Waals surface area contributed by atoms with Crippen molar-refractivity contribution in [3.8, 4) is 5.88 Å². The van der Waals surface area contributed by atoms with Gasteiger partial charge in [-0.25, -0.2) is 14.4 Å². The summed E-state index contributed by atoms with van der Waals surface area (Å²) < 4.78 is 19.1. The molecule has 0 saturated carbocycles. The summed E-state index contributed by atoms with van der Waals surface area (Å²) in [5.74, 6) is 1.35. The molecular formula is C33H42FIN4O. The fraction of sp³-hybridized carbons (Fsp3) is 0.424. The number of allylic oxidation sites excluding steroid dienone is 2. The van der Waals surface area contributed by atoms with Crippen LogP contribution in [0.15, 0.2) is 81.8 Å². The van der Waals surface area contributed by atoms with Gasteiger partial charge in [0.05, 0.1) is 18.5 Å². The van der Waals surface area contributed by atoms with Crippen molar-refractivity contribution in [3.63, 3.8) is 0 Å². The Labute approximate surface area is 253 Å². The van der Waals surface area contributed by atoms with Crippen LogP contribution in [0.3, 0.4) is 0 Å². The lowest BCUT2D eigenvalue weighted by Gasteiger charge is -2.31. The quantitative estimate of drug-likeness (QED) is 0.119. The smallest absolute Gasteiger partial charge is 0.213 e. The van der Waals surface area contributed by atoms with Crippen LogP contribution in [-0.2, 0) is 6.42 Å². The van der Waals surface area contributed by atoms with Crippen molar-refractivity contribution >= 4 is 40.3 Å². The fourth-order valence-corrected chi connectivity index (χ4v) is 5.97. The van der Waals surface area contributed by atoms with Gasteiger partial charge in [0.2, 0.25) is 5.88 Å². The Morgan fingerprint density at radius 1 is 1.23 bits per heavy atom. The molecule has 1 aliphatic rings. The number of hydrogen-bond donors (Lipinski definition) is 0. The maximum atomic E-state index is 13.7. The minimum Gasteiger partial charge on any atom is -0.481 e. The van der Waals surface area contributed by atoms with E-state index < -0.39 is 0 Å². The van der Waals surface area contributed by atoms with E-state index in [2.05, 4.69) is 71.5 Å². The molecular weight excluding hydrogens is 614 g/mol. The fourth-order valence-electron chi connectivity index (χ4n) is 5.07. The van der Waals surface area contributed by atoms with E-state index in [1.165, 1.54) is 11.6 Å². The first-order valence-electron chi connectivity index (χ1n) is 13.9. The number of rotatable bonds is 9. The van der Waals surface area contributed by atoms with Crippen LogP contribution in [0.4, 0.5) is 4.39 Å². The highest BCUT2D eigenvalue weighted by Gasteiger charge is 2.30. The van der Waals surface area contributed by atoms with Crippen LogP contribution in [0.2, 0.25) is 0 Å². The number of ether oxygens (including phenoxy) is 1. The molecule has 2 heterocycles. The minimum absolute atomic E-state index is 0.0388. The summed E-state index contributed by atoms with van der Waals surface area (Å²) in [5.41, 5.74) is 5.43. The van der Waals surface area contributed by atoms with E-state index in [4.69, 9.17) is 14.7 Å². The van der Waals surface area contributed by atoms with E-state index in [0.29, 0.717) is 5.88 Å². The molecule has 0 aliphatic carbocycles. The predicted molar refractivity (Wildman–Crippen MR) is 175 cm³/mol. The molecule has 0 bridgehead atoms. The Morgan fingerprint density at radius 2 is 2.00 bits per heavy atom. The molecule has 1 aliphatic heterocycles. The molecule has 40 heavy (non-hydrogen) atoms. The molecule has 0 amide bonds. The lowest BCUT2D eigenvalue weighted by Crippen LogP contribution is -2.34. The van der Waals surface area contributed by atoms with Gasteiger partial charge in [-0.3, -0.25) is 4.99 Å². The van der Waals surface area contributed by atoms with Gasteiger partial charge >= 0.3 is 0 Å². The highest BCUT2D eigenvalue weighted by atomic mass is 127. The molecule has 5 nitrogen and oxygen atoms in total. The highest BCUT2D eigenvalue weighted by Crippen LogP contribution is 2.36. The maximum Gasteiger partial charge on any atom is 0.213 e. The number of nitrogens with zero attached hydrogens (tertiary/aromatic N) is 4. The van der Waals surface area contributed by atoms with Gasteiger partial charge in [0, 0.05) is 41.4 Å². The molecule has 214 valence electrons. The van der Waals surface area contributed by atoms with Crippen molar-refractivity contribution in [3.05, 3.63) is 88.9 Å². The Bertz CT molecular complexity index is 1290. The molecule has 7 heteroatoms. The molecule has 2 aromatic rings. The maximum absolute atomic E-state index is 13.7. The van der Waals surface area contributed by atoms with Crippen LogP contribution in [0, 0.1) is 11.7 Å². The third-order valence-electron chi connectivity index (χ3n) is 7.09. The molecule has 1 saturated heterocycles. The summed E-state index contributed by atoms with van der Waals surface area (Å²) in [6, 6.07) is 12.7. The molecule has 0 spiro atoms. The SMILES string of the molecule is CC=C(/C=C1\CCN(C(=CC)c2cccc(OC)n2)CC(C)(I)C1)C(/N=C\C(CC)Cc1cccc(F)c1)=N/C. The van der Waals surface area contributed by atoms with Gasteiger partial charge in [-0.2, -0.15) is 0 Å². The number of benzene rings is 1. The third-order valence-corrected chi connectivity index (χ3v) is 7.81. The van der Waals surface area contributed by atoms with Crippen molar-refractivity contribution in [2.24, 2.45) is 15.9 Å². The lowest BCUT2D eigenvalue weighted by atomic mass is 9.97. The highest BCUT2D eigenvalue weighted by molar-refractivity contribution is 14.1. The summed E-state index contributed by atoms with van der Waals surface area (Å²) in [6.07, 6.45) is 12.1. The summed E-state index contributed by atoms with van der Waals surface area (Å²) in [5, 5.41) is 0.